The Kier molecular flexibility index (Phi) is 4.69. The molecule has 1 fully saturated rings. The molecule has 0 spiro atoms. The first-order chi connectivity index (χ1) is 13.2. The van der Waals surface area contributed by atoms with Gasteiger partial charge in [0, 0.05) is 31.7 Å². The Morgan fingerprint density at radius 2 is 2.19 bits per heavy atom. The van der Waals surface area contributed by atoms with Crippen LogP contribution in [0.4, 0.5) is 0 Å². The molecule has 0 aliphatic carbocycles. The number of amides is 2. The molecule has 3 aromatic heterocycles. The second-order valence-electron chi connectivity index (χ2n) is 6.32. The minimum Gasteiger partial charge on any atom is -0.459 e. The van der Waals surface area contributed by atoms with E-state index in [0.717, 1.165) is 12.0 Å². The second kappa shape index (κ2) is 7.45. The predicted octanol–water partition coefficient (Wildman–Crippen LogP) is 1.78. The number of aromatic nitrogens is 3. The van der Waals surface area contributed by atoms with E-state index in [1.54, 1.807) is 40.3 Å². The minimum absolute atomic E-state index is 0.162. The molecular weight excluding hydrogens is 346 g/mol. The summed E-state index contributed by atoms with van der Waals surface area (Å²) in [5.41, 5.74) is 0.908. The fraction of sp³-hybridized carbons (Fsp3) is 0.263. The Balaban J connectivity index is 1.40. The molecule has 1 atom stereocenters. The fourth-order valence-corrected chi connectivity index (χ4v) is 3.23. The van der Waals surface area contributed by atoms with Crippen molar-refractivity contribution >= 4 is 11.8 Å². The third kappa shape index (κ3) is 3.59. The van der Waals surface area contributed by atoms with Crippen LogP contribution >= 0.6 is 0 Å². The Morgan fingerprint density at radius 3 is 2.96 bits per heavy atom. The number of pyridine rings is 1. The molecule has 1 unspecified atom stereocenters. The maximum Gasteiger partial charge on any atom is 0.290 e. The van der Waals surface area contributed by atoms with Gasteiger partial charge in [-0.05, 0) is 48.7 Å². The van der Waals surface area contributed by atoms with Gasteiger partial charge >= 0.3 is 0 Å². The first-order valence-electron chi connectivity index (χ1n) is 8.79. The Hall–Kier alpha value is -3.42. The average molecular weight is 365 g/mol. The normalized spacial score (nSPS) is 16.4. The lowest BCUT2D eigenvalue weighted by Gasteiger charge is -2.23. The van der Waals surface area contributed by atoms with E-state index in [-0.39, 0.29) is 17.6 Å². The van der Waals surface area contributed by atoms with Crippen LogP contribution in [0.3, 0.4) is 0 Å². The number of carbonyl (C=O) groups is 2. The highest BCUT2D eigenvalue weighted by Crippen LogP contribution is 2.20. The van der Waals surface area contributed by atoms with Crippen LogP contribution in [0, 0.1) is 0 Å². The van der Waals surface area contributed by atoms with Crippen LogP contribution in [0.1, 0.15) is 29.0 Å². The molecule has 0 saturated carbocycles. The van der Waals surface area contributed by atoms with Crippen molar-refractivity contribution < 1.29 is 14.0 Å². The molecular formula is C19H19N5O3. The van der Waals surface area contributed by atoms with Crippen molar-refractivity contribution in [2.75, 3.05) is 6.54 Å². The minimum atomic E-state index is -0.477. The first kappa shape index (κ1) is 17.0. The summed E-state index contributed by atoms with van der Waals surface area (Å²) in [7, 11) is 0. The fourth-order valence-electron chi connectivity index (χ4n) is 3.23. The zero-order valence-electron chi connectivity index (χ0n) is 14.6. The van der Waals surface area contributed by atoms with Crippen molar-refractivity contribution in [3.8, 4) is 5.82 Å². The number of hydrogen-bond acceptors (Lipinski definition) is 5. The Morgan fingerprint density at radius 1 is 1.26 bits per heavy atom. The van der Waals surface area contributed by atoms with Gasteiger partial charge in [0.2, 0.25) is 5.91 Å². The summed E-state index contributed by atoms with van der Waals surface area (Å²) < 4.78 is 6.83. The van der Waals surface area contributed by atoms with Gasteiger partial charge in [0.1, 0.15) is 6.04 Å². The summed E-state index contributed by atoms with van der Waals surface area (Å²) in [6, 6.07) is 8.33. The number of nitrogens with one attached hydrogen (secondary N) is 1. The van der Waals surface area contributed by atoms with E-state index in [1.807, 2.05) is 18.2 Å². The summed E-state index contributed by atoms with van der Waals surface area (Å²) in [6.45, 7) is 0.908. The molecule has 4 heterocycles. The van der Waals surface area contributed by atoms with Crippen LogP contribution in [0.2, 0.25) is 0 Å². The van der Waals surface area contributed by atoms with Crippen LogP contribution in [0.5, 0.6) is 0 Å². The highest BCUT2D eigenvalue weighted by atomic mass is 16.3. The van der Waals surface area contributed by atoms with Crippen molar-refractivity contribution in [3.63, 3.8) is 0 Å². The molecule has 1 aliphatic rings. The lowest BCUT2D eigenvalue weighted by molar-refractivity contribution is -0.125. The van der Waals surface area contributed by atoms with E-state index in [4.69, 9.17) is 4.42 Å². The molecule has 8 heteroatoms. The monoisotopic (exact) mass is 365 g/mol. The van der Waals surface area contributed by atoms with Gasteiger partial charge in [-0.3, -0.25) is 9.59 Å². The zero-order chi connectivity index (χ0) is 18.6. The van der Waals surface area contributed by atoms with Gasteiger partial charge < -0.3 is 14.6 Å². The maximum absolute atomic E-state index is 12.6. The van der Waals surface area contributed by atoms with Crippen molar-refractivity contribution in [3.05, 3.63) is 66.5 Å². The summed E-state index contributed by atoms with van der Waals surface area (Å²) in [6.07, 6.45) is 8.07. The molecule has 2 amide bonds. The molecule has 1 aliphatic heterocycles. The molecule has 1 N–H and O–H groups in total. The van der Waals surface area contributed by atoms with Crippen LogP contribution in [-0.2, 0) is 11.3 Å². The summed E-state index contributed by atoms with van der Waals surface area (Å²) in [5, 5.41) is 7.08. The molecule has 4 rings (SSSR count). The van der Waals surface area contributed by atoms with Gasteiger partial charge in [0.15, 0.2) is 11.6 Å². The summed E-state index contributed by atoms with van der Waals surface area (Å²) >= 11 is 0. The average Bonchev–Trinajstić information content (AvgIpc) is 3.47. The van der Waals surface area contributed by atoms with Crippen LogP contribution in [-0.4, -0.2) is 44.1 Å². The van der Waals surface area contributed by atoms with E-state index in [9.17, 15) is 9.59 Å². The van der Waals surface area contributed by atoms with Crippen molar-refractivity contribution in [2.24, 2.45) is 0 Å². The number of furan rings is 1. The van der Waals surface area contributed by atoms with E-state index in [1.165, 1.54) is 6.26 Å². The van der Waals surface area contributed by atoms with Crippen LogP contribution < -0.4 is 5.32 Å². The number of likely N-dealkylation sites (tertiary alicyclic amines) is 1. The maximum atomic E-state index is 12.6. The highest BCUT2D eigenvalue weighted by Gasteiger charge is 2.35. The lowest BCUT2D eigenvalue weighted by Crippen LogP contribution is -2.45. The van der Waals surface area contributed by atoms with Crippen molar-refractivity contribution in [2.45, 2.75) is 25.4 Å². The topological polar surface area (TPSA) is 93.3 Å². The number of rotatable bonds is 5. The molecule has 1 saturated heterocycles. The molecule has 0 radical (unpaired) electrons. The summed E-state index contributed by atoms with van der Waals surface area (Å²) in [4.78, 5) is 31.0. The summed E-state index contributed by atoms with van der Waals surface area (Å²) in [5.74, 6) is 0.530. The van der Waals surface area contributed by atoms with Gasteiger partial charge in [-0.25, -0.2) is 9.67 Å². The van der Waals surface area contributed by atoms with Crippen LogP contribution in [0.15, 0.2) is 59.6 Å². The molecule has 138 valence electrons. The van der Waals surface area contributed by atoms with Gasteiger partial charge in [0.05, 0.1) is 6.26 Å². The number of nitrogens with zero attached hydrogens (tertiary/aromatic N) is 4. The quantitative estimate of drug-likeness (QED) is 0.744. The largest absolute Gasteiger partial charge is 0.459 e. The predicted molar refractivity (Wildman–Crippen MR) is 96.0 cm³/mol. The van der Waals surface area contributed by atoms with Gasteiger partial charge in [0.25, 0.3) is 5.91 Å². The standard InChI is InChI=1S/C19H19N5O3/c25-18(15-4-1-9-23(15)19(26)16-5-2-11-27-16)21-13-14-6-8-20-17(12-14)24-10-3-7-22-24/h2-3,5-8,10-12,15H,1,4,9,13H2,(H,21,25). The highest BCUT2D eigenvalue weighted by molar-refractivity contribution is 5.95. The number of hydrogen-bond donors (Lipinski definition) is 1. The third-order valence-corrected chi connectivity index (χ3v) is 4.56. The third-order valence-electron chi connectivity index (χ3n) is 4.56. The zero-order valence-corrected chi connectivity index (χ0v) is 14.6. The van der Waals surface area contributed by atoms with Crippen LogP contribution in [0.25, 0.3) is 5.82 Å². The van der Waals surface area contributed by atoms with E-state index >= 15 is 0 Å². The molecule has 0 aromatic carbocycles. The first-order valence-corrected chi connectivity index (χ1v) is 8.79. The van der Waals surface area contributed by atoms with Gasteiger partial charge in [-0.2, -0.15) is 5.10 Å². The van der Waals surface area contributed by atoms with E-state index in [0.29, 0.717) is 25.3 Å². The lowest BCUT2D eigenvalue weighted by atomic mass is 10.2. The van der Waals surface area contributed by atoms with E-state index < -0.39 is 6.04 Å². The smallest absolute Gasteiger partial charge is 0.290 e. The molecule has 27 heavy (non-hydrogen) atoms. The van der Waals surface area contributed by atoms with Crippen molar-refractivity contribution in [1.82, 2.24) is 25.0 Å². The number of carbonyl (C=O) groups excluding carboxylic acids is 2. The Labute approximate surface area is 155 Å². The molecule has 0 bridgehead atoms. The molecule has 8 nitrogen and oxygen atoms in total. The van der Waals surface area contributed by atoms with Gasteiger partial charge in [-0.1, -0.05) is 0 Å². The van der Waals surface area contributed by atoms with Crippen molar-refractivity contribution in [1.29, 1.82) is 0 Å². The van der Waals surface area contributed by atoms with E-state index in [2.05, 4.69) is 15.4 Å². The second-order valence-corrected chi connectivity index (χ2v) is 6.32. The Bertz CT molecular complexity index is 921. The van der Waals surface area contributed by atoms with Gasteiger partial charge in [-0.15, -0.1) is 0 Å². The SMILES string of the molecule is O=C(NCc1ccnc(-n2cccn2)c1)C1CCCN1C(=O)c1ccco1. The molecule has 3 aromatic rings.